The van der Waals surface area contributed by atoms with Crippen molar-refractivity contribution in [1.29, 1.82) is 0 Å². The number of benzene rings is 4. The van der Waals surface area contributed by atoms with Crippen LogP contribution in [-0.4, -0.2) is 6.16 Å². The second kappa shape index (κ2) is 11.7. The molecule has 0 saturated carbocycles. The van der Waals surface area contributed by atoms with E-state index in [9.17, 15) is 0 Å². The monoisotopic (exact) mass is 550 g/mol. The summed E-state index contributed by atoms with van der Waals surface area (Å²) in [6.07, 6.45) is 5.91. The molecule has 4 aromatic rings. The zero-order chi connectivity index (χ0) is 25.3. The van der Waals surface area contributed by atoms with Gasteiger partial charge in [0.2, 0.25) is 0 Å². The van der Waals surface area contributed by atoms with Crippen LogP contribution in [0.25, 0.3) is 5.57 Å². The standard InChI is InChI=1S/C34H32BrP/c1-3-18-29(4-2)34(30-19-9-5-10-20-30)27-17-28-36(35,31-21-11-6-12-22-31,32-23-13-7-14-24-32)33-25-15-8-16-26-33/h3,5-16,18-26H,4,28H2,1-2H3/b18-3+,34-29+. The summed E-state index contributed by atoms with van der Waals surface area (Å²) in [7, 11) is 0. The molecule has 0 unspecified atom stereocenters. The Kier molecular flexibility index (Phi) is 8.43. The first-order valence-corrected chi connectivity index (χ1v) is 16.9. The molecule has 0 N–H and O–H groups in total. The van der Waals surface area contributed by atoms with Crippen molar-refractivity contribution in [3.05, 3.63) is 145 Å². The Labute approximate surface area is 224 Å². The topological polar surface area (TPSA) is 0 Å². The van der Waals surface area contributed by atoms with E-state index in [1.165, 1.54) is 21.5 Å². The normalized spacial score (nSPS) is 13.2. The third kappa shape index (κ3) is 5.03. The van der Waals surface area contributed by atoms with Gasteiger partial charge < -0.3 is 0 Å². The van der Waals surface area contributed by atoms with Gasteiger partial charge in [0.05, 0.1) is 0 Å². The van der Waals surface area contributed by atoms with Gasteiger partial charge in [-0.25, -0.2) is 0 Å². The summed E-state index contributed by atoms with van der Waals surface area (Å²) in [6, 6.07) is 43.1. The number of rotatable bonds is 7. The third-order valence-electron chi connectivity index (χ3n) is 6.61. The molecule has 0 spiro atoms. The van der Waals surface area contributed by atoms with Crippen molar-refractivity contribution in [1.82, 2.24) is 0 Å². The number of allylic oxidation sites excluding steroid dienone is 4. The first-order valence-electron chi connectivity index (χ1n) is 12.4. The van der Waals surface area contributed by atoms with Crippen molar-refractivity contribution in [3.63, 3.8) is 0 Å². The zero-order valence-electron chi connectivity index (χ0n) is 20.9. The van der Waals surface area contributed by atoms with E-state index in [-0.39, 0.29) is 0 Å². The number of halogens is 1. The molecule has 180 valence electrons. The zero-order valence-corrected chi connectivity index (χ0v) is 23.4. The van der Waals surface area contributed by atoms with E-state index >= 15 is 0 Å². The molecule has 0 atom stereocenters. The van der Waals surface area contributed by atoms with Crippen LogP contribution in [0.15, 0.2) is 139 Å². The molecule has 0 fully saturated rings. The van der Waals surface area contributed by atoms with E-state index in [0.29, 0.717) is 6.16 Å². The quantitative estimate of drug-likeness (QED) is 0.123. The fourth-order valence-electron chi connectivity index (χ4n) is 4.74. The first-order chi connectivity index (χ1) is 17.6. The van der Waals surface area contributed by atoms with Crippen molar-refractivity contribution in [2.45, 2.75) is 20.3 Å². The summed E-state index contributed by atoms with van der Waals surface area (Å²) in [4.78, 5) is 0. The molecule has 36 heavy (non-hydrogen) atoms. The minimum absolute atomic E-state index is 0.687. The maximum atomic E-state index is 4.51. The van der Waals surface area contributed by atoms with E-state index < -0.39 is 5.31 Å². The van der Waals surface area contributed by atoms with Gasteiger partial charge in [0, 0.05) is 0 Å². The Hall–Kier alpha value is -3.17. The molecule has 0 amide bonds. The number of hydrogen-bond acceptors (Lipinski definition) is 0. The van der Waals surface area contributed by atoms with Crippen molar-refractivity contribution in [2.75, 3.05) is 6.16 Å². The fraction of sp³-hybridized carbons (Fsp3) is 0.118. The predicted molar refractivity (Wildman–Crippen MR) is 165 cm³/mol. The van der Waals surface area contributed by atoms with Gasteiger partial charge in [0.25, 0.3) is 0 Å². The van der Waals surface area contributed by atoms with Crippen molar-refractivity contribution >= 4 is 42.3 Å². The predicted octanol–water partition coefficient (Wildman–Crippen LogP) is 8.27. The van der Waals surface area contributed by atoms with Crippen LogP contribution in [0.3, 0.4) is 0 Å². The van der Waals surface area contributed by atoms with Crippen LogP contribution in [-0.2, 0) is 0 Å². The van der Waals surface area contributed by atoms with Crippen LogP contribution in [0.5, 0.6) is 0 Å². The van der Waals surface area contributed by atoms with Crippen LogP contribution < -0.4 is 15.9 Å². The second-order valence-corrected chi connectivity index (χ2v) is 17.7. The molecule has 2 heteroatoms. The van der Waals surface area contributed by atoms with Crippen LogP contribution in [0, 0.1) is 11.8 Å². The molecule has 0 aliphatic heterocycles. The van der Waals surface area contributed by atoms with Crippen LogP contribution in [0.4, 0.5) is 0 Å². The van der Waals surface area contributed by atoms with Crippen LogP contribution in [0.1, 0.15) is 25.8 Å². The van der Waals surface area contributed by atoms with Gasteiger partial charge in [0.1, 0.15) is 0 Å². The van der Waals surface area contributed by atoms with E-state index in [1.54, 1.807) is 0 Å². The minimum atomic E-state index is -3.08. The molecule has 0 aliphatic carbocycles. The Bertz CT molecular complexity index is 1290. The average Bonchev–Trinajstić information content (AvgIpc) is 2.96. The molecule has 0 heterocycles. The van der Waals surface area contributed by atoms with Gasteiger partial charge >= 0.3 is 225 Å². The molecule has 0 radical (unpaired) electrons. The van der Waals surface area contributed by atoms with E-state index in [2.05, 4.69) is 175 Å². The number of hydrogen-bond donors (Lipinski definition) is 0. The summed E-state index contributed by atoms with van der Waals surface area (Å²) in [6.45, 7) is 4.26. The second-order valence-electron chi connectivity index (χ2n) is 8.77. The Morgan fingerprint density at radius 2 is 1.11 bits per heavy atom. The molecule has 0 nitrogen and oxygen atoms in total. The van der Waals surface area contributed by atoms with Crippen molar-refractivity contribution in [3.8, 4) is 11.8 Å². The van der Waals surface area contributed by atoms with E-state index in [1.807, 2.05) is 0 Å². The summed E-state index contributed by atoms with van der Waals surface area (Å²) in [5.41, 5.74) is 3.52. The van der Waals surface area contributed by atoms with E-state index in [0.717, 1.165) is 17.6 Å². The van der Waals surface area contributed by atoms with Crippen molar-refractivity contribution < 1.29 is 0 Å². The Morgan fingerprint density at radius 1 is 0.694 bits per heavy atom. The average molecular weight is 552 g/mol. The summed E-state index contributed by atoms with van der Waals surface area (Å²) in [5, 5.41) is 0.770. The van der Waals surface area contributed by atoms with Gasteiger partial charge in [-0.2, -0.15) is 0 Å². The van der Waals surface area contributed by atoms with Gasteiger partial charge in [-0.3, -0.25) is 0 Å². The maximum absolute atomic E-state index is 4.51. The van der Waals surface area contributed by atoms with Gasteiger partial charge in [-0.05, 0) is 0 Å². The summed E-state index contributed by atoms with van der Waals surface area (Å²) in [5.74, 6) is 7.35. The Morgan fingerprint density at radius 3 is 1.50 bits per heavy atom. The first kappa shape index (κ1) is 25.9. The van der Waals surface area contributed by atoms with Crippen LogP contribution in [0.2, 0.25) is 0 Å². The molecule has 4 aromatic carbocycles. The van der Waals surface area contributed by atoms with Gasteiger partial charge in [-0.1, -0.05) is 0 Å². The molecule has 0 saturated heterocycles. The summed E-state index contributed by atoms with van der Waals surface area (Å²) >= 11 is 4.51. The van der Waals surface area contributed by atoms with Crippen molar-refractivity contribution in [2.24, 2.45) is 0 Å². The van der Waals surface area contributed by atoms with E-state index in [4.69, 9.17) is 0 Å². The third-order valence-corrected chi connectivity index (χ3v) is 15.9. The molecule has 0 aromatic heterocycles. The molecule has 0 aliphatic rings. The fourth-order valence-corrected chi connectivity index (χ4v) is 11.4. The summed E-state index contributed by atoms with van der Waals surface area (Å²) < 4.78 is 0. The van der Waals surface area contributed by atoms with Gasteiger partial charge in [-0.15, -0.1) is 0 Å². The molecule has 0 bridgehead atoms. The molecule has 4 rings (SSSR count). The van der Waals surface area contributed by atoms with Gasteiger partial charge in [0.15, 0.2) is 0 Å². The molecular weight excluding hydrogens is 519 g/mol. The SMILES string of the molecule is C/C=C/C(CC)=C(\C#CCP(Br)(c1ccccc1)(c1ccccc1)c1ccccc1)c1ccccc1. The Balaban J connectivity index is 1.98. The van der Waals surface area contributed by atoms with Crippen LogP contribution >= 0.6 is 20.8 Å². The molecular formula is C34H32BrP.